The maximum atomic E-state index is 12.8. The molecule has 3 atom stereocenters. The Kier molecular flexibility index (Phi) is 4.60. The topological polar surface area (TPSA) is 51.7 Å². The lowest BCUT2D eigenvalue weighted by Gasteiger charge is -2.32. The second-order valence-electron chi connectivity index (χ2n) is 6.19. The predicted octanol–water partition coefficient (Wildman–Crippen LogP) is 2.73. The molecule has 0 radical (unpaired) electrons. The minimum atomic E-state index is -0.0839. The summed E-state index contributed by atoms with van der Waals surface area (Å²) in [6.07, 6.45) is 5.42. The van der Waals surface area contributed by atoms with E-state index in [0.717, 1.165) is 29.9 Å². The Hall–Kier alpha value is -1.76. The molecule has 0 bridgehead atoms. The first kappa shape index (κ1) is 15.7. The van der Waals surface area contributed by atoms with E-state index in [4.69, 9.17) is 9.47 Å². The molecule has 0 spiro atoms. The molecule has 126 valence electrons. The molecule has 0 saturated carbocycles. The van der Waals surface area contributed by atoms with E-state index in [2.05, 4.69) is 4.98 Å². The Balaban J connectivity index is 1.48. The van der Waals surface area contributed by atoms with Gasteiger partial charge in [0.2, 0.25) is 0 Å². The summed E-state index contributed by atoms with van der Waals surface area (Å²) in [5, 5.41) is 1.94. The molecule has 2 aliphatic rings. The molecular weight excluding hydrogens is 324 g/mol. The smallest absolute Gasteiger partial charge is 0.264 e. The van der Waals surface area contributed by atoms with Crippen molar-refractivity contribution in [1.29, 1.82) is 0 Å². The van der Waals surface area contributed by atoms with Crippen molar-refractivity contribution >= 4 is 17.2 Å². The average molecular weight is 344 g/mol. The van der Waals surface area contributed by atoms with Crippen LogP contribution in [-0.4, -0.2) is 47.2 Å². The molecule has 4 rings (SSSR count). The molecule has 0 unspecified atom stereocenters. The number of likely N-dealkylation sites (tertiary alicyclic amines) is 1. The van der Waals surface area contributed by atoms with Gasteiger partial charge in [-0.3, -0.25) is 9.78 Å². The van der Waals surface area contributed by atoms with E-state index >= 15 is 0 Å². The van der Waals surface area contributed by atoms with Crippen molar-refractivity contribution in [3.63, 3.8) is 0 Å². The maximum absolute atomic E-state index is 12.8. The van der Waals surface area contributed by atoms with E-state index < -0.39 is 0 Å². The predicted molar refractivity (Wildman–Crippen MR) is 90.9 cm³/mol. The van der Waals surface area contributed by atoms with E-state index in [-0.39, 0.29) is 24.2 Å². The Labute approximate surface area is 145 Å². The minimum absolute atomic E-state index is 0.0284. The van der Waals surface area contributed by atoms with Crippen molar-refractivity contribution in [3.8, 4) is 0 Å². The fourth-order valence-corrected chi connectivity index (χ4v) is 4.20. The van der Waals surface area contributed by atoms with Crippen LogP contribution in [-0.2, 0) is 16.1 Å². The Morgan fingerprint density at radius 1 is 1.42 bits per heavy atom. The summed E-state index contributed by atoms with van der Waals surface area (Å²) < 4.78 is 12.1. The molecule has 24 heavy (non-hydrogen) atoms. The highest BCUT2D eigenvalue weighted by Gasteiger charge is 2.46. The largest absolute Gasteiger partial charge is 0.373 e. The van der Waals surface area contributed by atoms with Crippen molar-refractivity contribution in [3.05, 3.63) is 52.5 Å². The van der Waals surface area contributed by atoms with Gasteiger partial charge in [-0.1, -0.05) is 12.1 Å². The number of amides is 1. The van der Waals surface area contributed by atoms with E-state index in [9.17, 15) is 4.79 Å². The fourth-order valence-electron chi connectivity index (χ4n) is 3.52. The molecule has 0 aromatic carbocycles. The molecule has 2 saturated heterocycles. The standard InChI is InChI=1S/C18H20N2O3S/c21-18(16-6-3-9-24-16)20-11-15(17-14(20)5-2-8-22-17)23-12-13-4-1-7-19-10-13/h1,3-4,6-7,9-10,14-15,17H,2,5,8,11-12H2/t14-,15+,17-/m0/s1. The summed E-state index contributed by atoms with van der Waals surface area (Å²) >= 11 is 1.49. The monoisotopic (exact) mass is 344 g/mol. The van der Waals surface area contributed by atoms with Crippen LogP contribution in [0.15, 0.2) is 42.0 Å². The average Bonchev–Trinajstić information content (AvgIpc) is 3.29. The number of hydrogen-bond acceptors (Lipinski definition) is 5. The minimum Gasteiger partial charge on any atom is -0.373 e. The van der Waals surface area contributed by atoms with Crippen molar-refractivity contribution in [2.24, 2.45) is 0 Å². The Morgan fingerprint density at radius 2 is 2.38 bits per heavy atom. The molecule has 0 N–H and O–H groups in total. The first-order valence-corrected chi connectivity index (χ1v) is 9.17. The van der Waals surface area contributed by atoms with Gasteiger partial charge in [-0.05, 0) is 35.9 Å². The second kappa shape index (κ2) is 7.01. The van der Waals surface area contributed by atoms with E-state index in [1.807, 2.05) is 40.7 Å². The number of aromatic nitrogens is 1. The fraction of sp³-hybridized carbons (Fsp3) is 0.444. The van der Waals surface area contributed by atoms with Crippen LogP contribution in [0.25, 0.3) is 0 Å². The highest BCUT2D eigenvalue weighted by atomic mass is 32.1. The molecule has 0 aliphatic carbocycles. The summed E-state index contributed by atoms with van der Waals surface area (Å²) in [6.45, 7) is 1.83. The van der Waals surface area contributed by atoms with Gasteiger partial charge in [0, 0.05) is 19.0 Å². The van der Waals surface area contributed by atoms with Crippen LogP contribution in [0.1, 0.15) is 28.1 Å². The van der Waals surface area contributed by atoms with Gasteiger partial charge in [0.15, 0.2) is 0 Å². The van der Waals surface area contributed by atoms with Crippen LogP contribution in [0, 0.1) is 0 Å². The molecule has 2 aliphatic heterocycles. The van der Waals surface area contributed by atoms with Crippen molar-refractivity contribution in [1.82, 2.24) is 9.88 Å². The lowest BCUT2D eigenvalue weighted by atomic mass is 10.0. The maximum Gasteiger partial charge on any atom is 0.264 e. The summed E-state index contributed by atoms with van der Waals surface area (Å²) in [6, 6.07) is 7.82. The summed E-state index contributed by atoms with van der Waals surface area (Å²) in [5.41, 5.74) is 1.04. The number of thiophene rings is 1. The molecule has 5 nitrogen and oxygen atoms in total. The van der Waals surface area contributed by atoms with Crippen LogP contribution >= 0.6 is 11.3 Å². The Morgan fingerprint density at radius 3 is 3.17 bits per heavy atom. The highest BCUT2D eigenvalue weighted by Crippen LogP contribution is 2.32. The van der Waals surface area contributed by atoms with E-state index in [0.29, 0.717) is 13.2 Å². The van der Waals surface area contributed by atoms with Gasteiger partial charge in [0.25, 0.3) is 5.91 Å². The van der Waals surface area contributed by atoms with Gasteiger partial charge >= 0.3 is 0 Å². The van der Waals surface area contributed by atoms with Crippen molar-refractivity contribution in [2.45, 2.75) is 37.7 Å². The third-order valence-electron chi connectivity index (χ3n) is 4.66. The zero-order valence-electron chi connectivity index (χ0n) is 13.3. The number of nitrogens with zero attached hydrogens (tertiary/aromatic N) is 2. The SMILES string of the molecule is O=C(c1cccs1)N1C[C@@H](OCc2cccnc2)[C@H]2OCCC[C@@H]21. The van der Waals surface area contributed by atoms with Gasteiger partial charge in [-0.15, -0.1) is 11.3 Å². The first-order valence-electron chi connectivity index (χ1n) is 8.29. The molecule has 2 fully saturated rings. The summed E-state index contributed by atoms with van der Waals surface area (Å²) in [5.74, 6) is 0.0953. The lowest BCUT2D eigenvalue weighted by molar-refractivity contribution is -0.0809. The molecule has 4 heterocycles. The Bertz CT molecular complexity index is 677. The highest BCUT2D eigenvalue weighted by molar-refractivity contribution is 7.12. The third kappa shape index (κ3) is 3.09. The van der Waals surface area contributed by atoms with E-state index in [1.54, 1.807) is 6.20 Å². The van der Waals surface area contributed by atoms with E-state index in [1.165, 1.54) is 11.3 Å². The molecule has 2 aromatic heterocycles. The normalized spacial score (nSPS) is 26.3. The zero-order chi connectivity index (χ0) is 16.4. The molecular formula is C18H20N2O3S. The third-order valence-corrected chi connectivity index (χ3v) is 5.51. The van der Waals surface area contributed by atoms with Crippen molar-refractivity contribution in [2.75, 3.05) is 13.2 Å². The summed E-state index contributed by atoms with van der Waals surface area (Å²) in [7, 11) is 0. The van der Waals surface area contributed by atoms with Gasteiger partial charge in [-0.2, -0.15) is 0 Å². The van der Waals surface area contributed by atoms with Crippen LogP contribution in [0.2, 0.25) is 0 Å². The lowest BCUT2D eigenvalue weighted by Crippen LogP contribution is -2.43. The van der Waals surface area contributed by atoms with Crippen LogP contribution in [0.4, 0.5) is 0 Å². The summed E-state index contributed by atoms with van der Waals surface area (Å²) in [4.78, 5) is 19.6. The first-order chi connectivity index (χ1) is 11.8. The number of carbonyl (C=O) groups excluding carboxylic acids is 1. The number of rotatable bonds is 4. The van der Waals surface area contributed by atoms with Crippen LogP contribution in [0.5, 0.6) is 0 Å². The zero-order valence-corrected chi connectivity index (χ0v) is 14.2. The number of carbonyl (C=O) groups is 1. The second-order valence-corrected chi connectivity index (χ2v) is 7.14. The van der Waals surface area contributed by atoms with Gasteiger partial charge in [0.05, 0.1) is 24.1 Å². The van der Waals surface area contributed by atoms with Crippen LogP contribution in [0.3, 0.4) is 0 Å². The molecule has 6 heteroatoms. The van der Waals surface area contributed by atoms with Gasteiger partial charge in [0.1, 0.15) is 12.2 Å². The number of pyridine rings is 1. The number of fused-ring (bicyclic) bond motifs is 1. The molecule has 2 aromatic rings. The quantitative estimate of drug-likeness (QED) is 0.856. The van der Waals surface area contributed by atoms with Gasteiger partial charge in [-0.25, -0.2) is 0 Å². The van der Waals surface area contributed by atoms with Gasteiger partial charge < -0.3 is 14.4 Å². The number of hydrogen-bond donors (Lipinski definition) is 0. The van der Waals surface area contributed by atoms with Crippen LogP contribution < -0.4 is 0 Å². The van der Waals surface area contributed by atoms with Crippen molar-refractivity contribution < 1.29 is 14.3 Å². The number of ether oxygens (including phenoxy) is 2. The molecule has 1 amide bonds.